The van der Waals surface area contributed by atoms with Gasteiger partial charge in [0, 0.05) is 12.6 Å². The van der Waals surface area contributed by atoms with Gasteiger partial charge in [0.2, 0.25) is 0 Å². The minimum atomic E-state index is 0.247. The molecule has 0 aromatic rings. The molecule has 1 unspecified atom stereocenters. The highest BCUT2D eigenvalue weighted by atomic mass is 16.5. The first-order chi connectivity index (χ1) is 6.45. The lowest BCUT2D eigenvalue weighted by atomic mass is 10.1. The minimum Gasteiger partial charge on any atom is -0.377 e. The molecule has 2 aliphatic heterocycles. The van der Waals surface area contributed by atoms with Crippen molar-refractivity contribution in [3.63, 3.8) is 0 Å². The topological polar surface area (TPSA) is 47.4 Å². The highest BCUT2D eigenvalue weighted by Crippen LogP contribution is 2.04. The van der Waals surface area contributed by atoms with Crippen molar-refractivity contribution in [3.8, 4) is 0 Å². The zero-order valence-corrected chi connectivity index (χ0v) is 7.96. The summed E-state index contributed by atoms with van der Waals surface area (Å²) < 4.78 is 5.35. The van der Waals surface area contributed by atoms with E-state index in [-0.39, 0.29) is 6.17 Å². The molecule has 0 bridgehead atoms. The third-order valence-electron chi connectivity index (χ3n) is 2.63. The molecule has 4 nitrogen and oxygen atoms in total. The Morgan fingerprint density at radius 1 is 1.31 bits per heavy atom. The maximum Gasteiger partial charge on any atom is 0.0975 e. The van der Waals surface area contributed by atoms with E-state index < -0.39 is 0 Å². The summed E-state index contributed by atoms with van der Waals surface area (Å²) in [5, 5.41) is 11.3. The molecule has 2 fully saturated rings. The number of nitrogens with zero attached hydrogens (tertiary/aromatic N) is 1. The Kier molecular flexibility index (Phi) is 3.55. The lowest BCUT2D eigenvalue weighted by Gasteiger charge is -2.30. The van der Waals surface area contributed by atoms with Gasteiger partial charge in [-0.25, -0.2) is 5.32 Å². The fourth-order valence-electron chi connectivity index (χ4n) is 1.88. The molecule has 2 N–H and O–H groups in total. The molecule has 13 heavy (non-hydrogen) atoms. The van der Waals surface area contributed by atoms with Crippen molar-refractivity contribution in [2.45, 2.75) is 25.0 Å². The van der Waals surface area contributed by atoms with E-state index in [0.717, 1.165) is 32.8 Å². The monoisotopic (exact) mass is 184 g/mol. The van der Waals surface area contributed by atoms with Crippen LogP contribution < -0.4 is 16.0 Å². The normalized spacial score (nSPS) is 31.8. The van der Waals surface area contributed by atoms with Gasteiger partial charge in [-0.2, -0.15) is 0 Å². The second-order valence-electron chi connectivity index (χ2n) is 3.69. The Morgan fingerprint density at radius 2 is 2.15 bits per heavy atom. The highest BCUT2D eigenvalue weighted by Gasteiger charge is 2.19. The van der Waals surface area contributed by atoms with Crippen molar-refractivity contribution >= 4 is 0 Å². The number of piperidine rings is 1. The third-order valence-corrected chi connectivity index (χ3v) is 2.63. The van der Waals surface area contributed by atoms with Gasteiger partial charge in [0.15, 0.2) is 0 Å². The minimum absolute atomic E-state index is 0.247. The van der Waals surface area contributed by atoms with E-state index in [1.54, 1.807) is 0 Å². The number of nitrogens with one attached hydrogen (secondary N) is 2. The Morgan fingerprint density at radius 3 is 2.85 bits per heavy atom. The molecule has 0 aromatic carbocycles. The maximum absolute atomic E-state index is 5.35. The summed E-state index contributed by atoms with van der Waals surface area (Å²) in [5.74, 6) is 0. The summed E-state index contributed by atoms with van der Waals surface area (Å²) in [7, 11) is 0. The zero-order chi connectivity index (χ0) is 8.93. The molecule has 2 rings (SSSR count). The number of ether oxygens (including phenoxy) is 1. The van der Waals surface area contributed by atoms with Gasteiger partial charge >= 0.3 is 0 Å². The van der Waals surface area contributed by atoms with E-state index in [9.17, 15) is 0 Å². The first kappa shape index (κ1) is 9.40. The molecule has 4 heteroatoms. The van der Waals surface area contributed by atoms with Crippen molar-refractivity contribution < 1.29 is 4.74 Å². The smallest absolute Gasteiger partial charge is 0.0975 e. The van der Waals surface area contributed by atoms with Gasteiger partial charge in [-0.05, 0) is 25.9 Å². The molecule has 2 aliphatic rings. The van der Waals surface area contributed by atoms with Crippen LogP contribution >= 0.6 is 0 Å². The molecule has 2 saturated heterocycles. The van der Waals surface area contributed by atoms with Crippen LogP contribution in [-0.4, -0.2) is 45.1 Å². The number of hydrogen-bond acceptors (Lipinski definition) is 3. The molecule has 0 aromatic heterocycles. The lowest BCUT2D eigenvalue weighted by molar-refractivity contribution is 0.0571. The van der Waals surface area contributed by atoms with Gasteiger partial charge in [-0.3, -0.25) is 5.32 Å². The second-order valence-corrected chi connectivity index (χ2v) is 3.69. The SMILES string of the molecule is C1COCC(NC2CCNCC2)[N]1. The predicted molar refractivity (Wildman–Crippen MR) is 50.6 cm³/mol. The van der Waals surface area contributed by atoms with Gasteiger partial charge in [-0.1, -0.05) is 0 Å². The van der Waals surface area contributed by atoms with Gasteiger partial charge in [0.25, 0.3) is 0 Å². The molecule has 1 radical (unpaired) electrons. The average molecular weight is 184 g/mol. The van der Waals surface area contributed by atoms with Crippen LogP contribution in [0.3, 0.4) is 0 Å². The number of hydrogen-bond donors (Lipinski definition) is 2. The van der Waals surface area contributed by atoms with Crippen LogP contribution in [0.1, 0.15) is 12.8 Å². The van der Waals surface area contributed by atoms with Crippen molar-refractivity contribution in [2.75, 3.05) is 32.8 Å². The molecular formula is C9H18N3O. The Labute approximate surface area is 79.4 Å². The zero-order valence-electron chi connectivity index (χ0n) is 7.96. The van der Waals surface area contributed by atoms with E-state index in [0.29, 0.717) is 6.04 Å². The summed E-state index contributed by atoms with van der Waals surface area (Å²) in [6, 6.07) is 0.636. The molecule has 2 heterocycles. The Hall–Kier alpha value is -0.160. The molecule has 75 valence electrons. The van der Waals surface area contributed by atoms with Crippen LogP contribution in [0.25, 0.3) is 0 Å². The van der Waals surface area contributed by atoms with E-state index >= 15 is 0 Å². The van der Waals surface area contributed by atoms with E-state index in [1.807, 2.05) is 0 Å². The Bertz CT molecular complexity index is 126. The van der Waals surface area contributed by atoms with Gasteiger partial charge in [0.05, 0.1) is 19.4 Å². The predicted octanol–water partition coefficient (Wildman–Crippen LogP) is -0.711. The van der Waals surface area contributed by atoms with E-state index in [4.69, 9.17) is 4.74 Å². The van der Waals surface area contributed by atoms with Crippen molar-refractivity contribution in [3.05, 3.63) is 0 Å². The molecule has 1 atom stereocenters. The number of rotatable bonds is 2. The summed E-state index contributed by atoms with van der Waals surface area (Å²) in [6.45, 7) is 4.66. The fraction of sp³-hybridized carbons (Fsp3) is 1.00. The van der Waals surface area contributed by atoms with Gasteiger partial charge in [0.1, 0.15) is 0 Å². The number of morpholine rings is 1. The first-order valence-electron chi connectivity index (χ1n) is 5.16. The van der Waals surface area contributed by atoms with Crippen molar-refractivity contribution in [2.24, 2.45) is 0 Å². The van der Waals surface area contributed by atoms with Crippen molar-refractivity contribution in [1.82, 2.24) is 16.0 Å². The molecule has 0 amide bonds. The summed E-state index contributed by atoms with van der Waals surface area (Å²) in [5.41, 5.74) is 0. The van der Waals surface area contributed by atoms with E-state index in [1.165, 1.54) is 12.8 Å². The van der Waals surface area contributed by atoms with Crippen LogP contribution in [-0.2, 0) is 4.74 Å². The Balaban J connectivity index is 1.69. The molecule has 0 saturated carbocycles. The third kappa shape index (κ3) is 2.91. The van der Waals surface area contributed by atoms with Crippen LogP contribution in [0.4, 0.5) is 0 Å². The highest BCUT2D eigenvalue weighted by molar-refractivity contribution is 4.78. The van der Waals surface area contributed by atoms with E-state index in [2.05, 4.69) is 16.0 Å². The fourth-order valence-corrected chi connectivity index (χ4v) is 1.88. The molecular weight excluding hydrogens is 166 g/mol. The van der Waals surface area contributed by atoms with Crippen LogP contribution in [0.15, 0.2) is 0 Å². The van der Waals surface area contributed by atoms with Gasteiger partial charge < -0.3 is 10.1 Å². The van der Waals surface area contributed by atoms with Crippen LogP contribution in [0, 0.1) is 0 Å². The first-order valence-corrected chi connectivity index (χ1v) is 5.16. The summed E-state index contributed by atoms with van der Waals surface area (Å²) >= 11 is 0. The standard InChI is InChI=1S/C9H18N3O/c1-3-10-4-2-8(1)12-9-7-13-6-5-11-9/h8-10,12H,1-7H2. The van der Waals surface area contributed by atoms with Crippen molar-refractivity contribution in [1.29, 1.82) is 0 Å². The quantitative estimate of drug-likeness (QED) is 0.596. The molecule has 0 aliphatic carbocycles. The summed E-state index contributed by atoms with van der Waals surface area (Å²) in [4.78, 5) is 0. The second kappa shape index (κ2) is 4.91. The average Bonchev–Trinajstić information content (AvgIpc) is 2.21. The van der Waals surface area contributed by atoms with Crippen LogP contribution in [0.2, 0.25) is 0 Å². The summed E-state index contributed by atoms with van der Waals surface area (Å²) in [6.07, 6.45) is 2.68. The molecule has 0 spiro atoms. The van der Waals surface area contributed by atoms with Gasteiger partial charge in [-0.15, -0.1) is 0 Å². The van der Waals surface area contributed by atoms with Crippen LogP contribution in [0.5, 0.6) is 0 Å². The lowest BCUT2D eigenvalue weighted by Crippen LogP contribution is -2.52. The maximum atomic E-state index is 5.35. The largest absolute Gasteiger partial charge is 0.377 e.